The van der Waals surface area contributed by atoms with E-state index in [1.165, 1.54) is 0 Å². The smallest absolute Gasteiger partial charge is 0.250 e. The monoisotopic (exact) mass is 212 g/mol. The van der Waals surface area contributed by atoms with Crippen molar-refractivity contribution in [2.45, 2.75) is 45.8 Å². The van der Waals surface area contributed by atoms with Gasteiger partial charge in [0.05, 0.1) is 0 Å². The molecular weight excluding hydrogens is 192 g/mol. The third-order valence-electron chi connectivity index (χ3n) is 3.04. The van der Waals surface area contributed by atoms with Gasteiger partial charge < -0.3 is 10.1 Å². The molecule has 4 nitrogen and oxygen atoms in total. The van der Waals surface area contributed by atoms with Gasteiger partial charge >= 0.3 is 0 Å². The number of amides is 1. The average Bonchev–Trinajstić information content (AvgIpc) is 2.59. The predicted octanol–water partition coefficient (Wildman–Crippen LogP) is 1.35. The Hall–Kier alpha value is -0.900. The molecule has 86 valence electrons. The van der Waals surface area contributed by atoms with E-state index in [1.807, 2.05) is 27.7 Å². The fourth-order valence-corrected chi connectivity index (χ4v) is 1.55. The molecule has 0 fully saturated rings. The number of carbonyl (C=O) groups is 1. The Balaban J connectivity index is 2.90. The SMILES string of the molecule is CCC(C)(OC)C1=NC(C(C)C)C(=O)N1. The fraction of sp³-hybridized carbons (Fsp3) is 0.818. The van der Waals surface area contributed by atoms with E-state index in [2.05, 4.69) is 10.3 Å². The van der Waals surface area contributed by atoms with Crippen LogP contribution < -0.4 is 5.32 Å². The average molecular weight is 212 g/mol. The molecule has 0 aromatic carbocycles. The normalized spacial score (nSPS) is 25.1. The first kappa shape index (κ1) is 12.2. The predicted molar refractivity (Wildman–Crippen MR) is 59.9 cm³/mol. The van der Waals surface area contributed by atoms with Crippen LogP contribution in [0, 0.1) is 5.92 Å². The summed E-state index contributed by atoms with van der Waals surface area (Å²) >= 11 is 0. The van der Waals surface area contributed by atoms with Crippen LogP contribution in [-0.2, 0) is 9.53 Å². The maximum Gasteiger partial charge on any atom is 0.250 e. The maximum atomic E-state index is 11.6. The van der Waals surface area contributed by atoms with Crippen molar-refractivity contribution in [3.05, 3.63) is 0 Å². The highest BCUT2D eigenvalue weighted by molar-refractivity contribution is 6.09. The summed E-state index contributed by atoms with van der Waals surface area (Å²) in [4.78, 5) is 16.0. The van der Waals surface area contributed by atoms with Gasteiger partial charge in [-0.05, 0) is 19.3 Å². The van der Waals surface area contributed by atoms with Crippen molar-refractivity contribution in [2.24, 2.45) is 10.9 Å². The molecule has 0 aliphatic carbocycles. The number of methoxy groups -OCH3 is 1. The molecule has 4 heteroatoms. The molecule has 2 atom stereocenters. The van der Waals surface area contributed by atoms with Gasteiger partial charge in [0.25, 0.3) is 0 Å². The summed E-state index contributed by atoms with van der Waals surface area (Å²) in [5.41, 5.74) is -0.473. The number of amidine groups is 1. The Labute approximate surface area is 91.1 Å². The molecule has 0 saturated carbocycles. The Morgan fingerprint density at radius 1 is 1.60 bits per heavy atom. The molecule has 0 bridgehead atoms. The highest BCUT2D eigenvalue weighted by Crippen LogP contribution is 2.21. The fourth-order valence-electron chi connectivity index (χ4n) is 1.55. The zero-order valence-electron chi connectivity index (χ0n) is 10.1. The molecule has 1 N–H and O–H groups in total. The van der Waals surface area contributed by atoms with Gasteiger partial charge in [0.2, 0.25) is 5.91 Å². The summed E-state index contributed by atoms with van der Waals surface area (Å²) in [5, 5.41) is 2.81. The van der Waals surface area contributed by atoms with Gasteiger partial charge in [-0.2, -0.15) is 0 Å². The molecule has 2 unspecified atom stereocenters. The van der Waals surface area contributed by atoms with Crippen molar-refractivity contribution in [1.29, 1.82) is 0 Å². The third-order valence-corrected chi connectivity index (χ3v) is 3.04. The van der Waals surface area contributed by atoms with Gasteiger partial charge in [-0.25, -0.2) is 0 Å². The molecule has 0 aromatic heterocycles. The molecule has 15 heavy (non-hydrogen) atoms. The van der Waals surface area contributed by atoms with E-state index in [-0.39, 0.29) is 17.9 Å². The summed E-state index contributed by atoms with van der Waals surface area (Å²) in [7, 11) is 1.64. The van der Waals surface area contributed by atoms with E-state index in [0.29, 0.717) is 5.84 Å². The number of rotatable bonds is 4. The van der Waals surface area contributed by atoms with Gasteiger partial charge in [0.1, 0.15) is 17.5 Å². The van der Waals surface area contributed by atoms with E-state index < -0.39 is 5.60 Å². The molecule has 1 aliphatic heterocycles. The van der Waals surface area contributed by atoms with Crippen molar-refractivity contribution in [3.8, 4) is 0 Å². The molecule has 0 saturated heterocycles. The lowest BCUT2D eigenvalue weighted by atomic mass is 10.0. The van der Waals surface area contributed by atoms with E-state index >= 15 is 0 Å². The summed E-state index contributed by atoms with van der Waals surface area (Å²) < 4.78 is 5.40. The van der Waals surface area contributed by atoms with Gasteiger partial charge in [0.15, 0.2) is 0 Å². The number of ether oxygens (including phenoxy) is 1. The topological polar surface area (TPSA) is 50.7 Å². The Bertz CT molecular complexity index is 280. The van der Waals surface area contributed by atoms with Crippen molar-refractivity contribution in [3.63, 3.8) is 0 Å². The first-order valence-corrected chi connectivity index (χ1v) is 5.39. The minimum absolute atomic E-state index is 0.0169. The van der Waals surface area contributed by atoms with Gasteiger partial charge in [-0.3, -0.25) is 9.79 Å². The van der Waals surface area contributed by atoms with E-state index in [1.54, 1.807) is 7.11 Å². The van der Waals surface area contributed by atoms with Gasteiger partial charge in [-0.15, -0.1) is 0 Å². The van der Waals surface area contributed by atoms with Crippen molar-refractivity contribution >= 4 is 11.7 Å². The molecule has 1 aliphatic rings. The Morgan fingerprint density at radius 2 is 2.20 bits per heavy atom. The highest BCUT2D eigenvalue weighted by Gasteiger charge is 2.38. The van der Waals surface area contributed by atoms with Crippen LogP contribution in [0.5, 0.6) is 0 Å². The van der Waals surface area contributed by atoms with Crippen LogP contribution in [0.4, 0.5) is 0 Å². The second kappa shape index (κ2) is 4.31. The zero-order chi connectivity index (χ0) is 11.6. The zero-order valence-corrected chi connectivity index (χ0v) is 10.1. The van der Waals surface area contributed by atoms with Crippen LogP contribution in [0.15, 0.2) is 4.99 Å². The molecular formula is C11H20N2O2. The van der Waals surface area contributed by atoms with Crippen LogP contribution in [0.3, 0.4) is 0 Å². The van der Waals surface area contributed by atoms with Crippen LogP contribution in [-0.4, -0.2) is 30.5 Å². The molecule has 1 amide bonds. The lowest BCUT2D eigenvalue weighted by Gasteiger charge is -2.26. The number of hydrogen-bond acceptors (Lipinski definition) is 3. The lowest BCUT2D eigenvalue weighted by molar-refractivity contribution is -0.121. The Kier molecular flexibility index (Phi) is 3.50. The van der Waals surface area contributed by atoms with E-state index in [0.717, 1.165) is 6.42 Å². The van der Waals surface area contributed by atoms with Crippen molar-refractivity contribution < 1.29 is 9.53 Å². The minimum Gasteiger partial charge on any atom is -0.371 e. The largest absolute Gasteiger partial charge is 0.371 e. The standard InChI is InChI=1S/C11H20N2O2/c1-6-11(4,15-5)10-12-8(7(2)3)9(14)13-10/h7-8H,6H2,1-5H3,(H,12,13,14). The van der Waals surface area contributed by atoms with Crippen LogP contribution >= 0.6 is 0 Å². The number of carbonyl (C=O) groups excluding carboxylic acids is 1. The number of hydrogen-bond donors (Lipinski definition) is 1. The number of aliphatic imine (C=N–C) groups is 1. The molecule has 0 radical (unpaired) electrons. The van der Waals surface area contributed by atoms with Crippen LogP contribution in [0.1, 0.15) is 34.1 Å². The summed E-state index contributed by atoms with van der Waals surface area (Å²) in [5.74, 6) is 0.869. The minimum atomic E-state index is -0.473. The van der Waals surface area contributed by atoms with Crippen molar-refractivity contribution in [2.75, 3.05) is 7.11 Å². The summed E-state index contributed by atoms with van der Waals surface area (Å²) in [6, 6.07) is -0.263. The lowest BCUT2D eigenvalue weighted by Crippen LogP contribution is -2.45. The first-order chi connectivity index (χ1) is 6.94. The summed E-state index contributed by atoms with van der Waals surface area (Å²) in [6.07, 6.45) is 0.785. The Morgan fingerprint density at radius 3 is 2.53 bits per heavy atom. The first-order valence-electron chi connectivity index (χ1n) is 5.39. The second-order valence-electron chi connectivity index (χ2n) is 4.44. The maximum absolute atomic E-state index is 11.6. The van der Waals surface area contributed by atoms with Crippen LogP contribution in [0.25, 0.3) is 0 Å². The molecule has 1 rings (SSSR count). The molecule has 0 aromatic rings. The number of nitrogens with zero attached hydrogens (tertiary/aromatic N) is 1. The number of nitrogens with one attached hydrogen (secondary N) is 1. The quantitative estimate of drug-likeness (QED) is 0.765. The van der Waals surface area contributed by atoms with E-state index in [4.69, 9.17) is 4.74 Å². The van der Waals surface area contributed by atoms with E-state index in [9.17, 15) is 4.79 Å². The van der Waals surface area contributed by atoms with Crippen LogP contribution in [0.2, 0.25) is 0 Å². The highest BCUT2D eigenvalue weighted by atomic mass is 16.5. The second-order valence-corrected chi connectivity index (χ2v) is 4.44. The van der Waals surface area contributed by atoms with Gasteiger partial charge in [0, 0.05) is 7.11 Å². The van der Waals surface area contributed by atoms with Crippen molar-refractivity contribution in [1.82, 2.24) is 5.32 Å². The molecule has 1 heterocycles. The molecule has 0 spiro atoms. The van der Waals surface area contributed by atoms with Gasteiger partial charge in [-0.1, -0.05) is 20.8 Å². The summed E-state index contributed by atoms with van der Waals surface area (Å²) in [6.45, 7) is 7.94. The third kappa shape index (κ3) is 2.20.